The third kappa shape index (κ3) is 2.75. The first-order valence-corrected chi connectivity index (χ1v) is 8.89. The predicted octanol–water partition coefficient (Wildman–Crippen LogP) is 2.17. The zero-order chi connectivity index (χ0) is 19.1. The predicted molar refractivity (Wildman–Crippen MR) is 104 cm³/mol. The number of nitrogens with one attached hydrogen (secondary N) is 1. The van der Waals surface area contributed by atoms with Crippen LogP contribution in [0.25, 0.3) is 16.7 Å². The summed E-state index contributed by atoms with van der Waals surface area (Å²) in [5, 5.41) is 2.88. The molecule has 0 spiro atoms. The van der Waals surface area contributed by atoms with Gasteiger partial charge in [-0.15, -0.1) is 0 Å². The molecule has 1 aliphatic rings. The van der Waals surface area contributed by atoms with Crippen LogP contribution in [0, 0.1) is 0 Å². The summed E-state index contributed by atoms with van der Waals surface area (Å²) in [6.07, 6.45) is 2.32. The molecule has 0 aliphatic carbocycles. The fourth-order valence-corrected chi connectivity index (χ4v) is 3.30. The molecule has 0 unspecified atom stereocenters. The van der Waals surface area contributed by atoms with Gasteiger partial charge in [0.05, 0.1) is 11.0 Å². The van der Waals surface area contributed by atoms with Gasteiger partial charge in [-0.1, -0.05) is 18.2 Å². The van der Waals surface area contributed by atoms with Crippen molar-refractivity contribution in [1.29, 1.82) is 0 Å². The van der Waals surface area contributed by atoms with E-state index in [1.54, 1.807) is 10.6 Å². The summed E-state index contributed by atoms with van der Waals surface area (Å²) in [6, 6.07) is 13.4. The summed E-state index contributed by atoms with van der Waals surface area (Å²) in [4.78, 5) is 21.3. The summed E-state index contributed by atoms with van der Waals surface area (Å²) >= 11 is 0. The minimum Gasteiger partial charge on any atom is -0.454 e. The van der Waals surface area contributed by atoms with Crippen LogP contribution in [0.1, 0.15) is 16.1 Å². The maximum Gasteiger partial charge on any atom is 0.271 e. The molecule has 3 N–H and O–H groups in total. The molecule has 1 aliphatic heterocycles. The van der Waals surface area contributed by atoms with Crippen molar-refractivity contribution in [3.63, 3.8) is 0 Å². The number of para-hydroxylation sites is 2. The number of nitrogens with two attached hydrogens (primary N) is 1. The molecule has 0 saturated carbocycles. The molecule has 0 atom stereocenters. The zero-order valence-electron chi connectivity index (χ0n) is 14.9. The quantitative estimate of drug-likeness (QED) is 0.567. The molecule has 28 heavy (non-hydrogen) atoms. The Hall–Kier alpha value is -3.81. The fourth-order valence-electron chi connectivity index (χ4n) is 3.30. The highest BCUT2D eigenvalue weighted by atomic mass is 16.7. The number of nitrogens with zero attached hydrogens (tertiary/aromatic N) is 3. The van der Waals surface area contributed by atoms with Crippen molar-refractivity contribution >= 4 is 28.4 Å². The molecule has 3 heterocycles. The van der Waals surface area contributed by atoms with Gasteiger partial charge in [-0.2, -0.15) is 0 Å². The van der Waals surface area contributed by atoms with E-state index in [1.165, 1.54) is 0 Å². The van der Waals surface area contributed by atoms with Gasteiger partial charge in [-0.25, -0.2) is 9.97 Å². The number of fused-ring (bicyclic) bond motifs is 4. The number of rotatable bonds is 4. The first kappa shape index (κ1) is 16.4. The lowest BCUT2D eigenvalue weighted by molar-refractivity contribution is 0.0949. The average molecular weight is 375 g/mol. The molecule has 0 bridgehead atoms. The van der Waals surface area contributed by atoms with Crippen molar-refractivity contribution < 1.29 is 14.3 Å². The van der Waals surface area contributed by atoms with E-state index < -0.39 is 0 Å². The van der Waals surface area contributed by atoms with Crippen molar-refractivity contribution in [3.8, 4) is 11.5 Å². The van der Waals surface area contributed by atoms with Gasteiger partial charge in [-0.05, 0) is 36.2 Å². The van der Waals surface area contributed by atoms with Crippen LogP contribution in [0.2, 0.25) is 0 Å². The number of carbonyl (C=O) groups excluding carboxylic acids is 1. The minimum atomic E-state index is -0.285. The first-order chi connectivity index (χ1) is 13.7. The summed E-state index contributed by atoms with van der Waals surface area (Å²) in [6.45, 7) is 0.705. The number of carbonyl (C=O) groups is 1. The van der Waals surface area contributed by atoms with Gasteiger partial charge in [0.1, 0.15) is 5.69 Å². The summed E-state index contributed by atoms with van der Waals surface area (Å²) in [5.74, 6) is 1.41. The van der Waals surface area contributed by atoms with Crippen LogP contribution < -0.4 is 20.5 Å². The lowest BCUT2D eigenvalue weighted by Gasteiger charge is -2.07. The van der Waals surface area contributed by atoms with E-state index in [1.807, 2.05) is 42.5 Å². The van der Waals surface area contributed by atoms with Crippen LogP contribution in [-0.4, -0.2) is 33.6 Å². The monoisotopic (exact) mass is 375 g/mol. The molecule has 2 aromatic heterocycles. The van der Waals surface area contributed by atoms with Gasteiger partial charge in [0, 0.05) is 12.7 Å². The molecular formula is C20H17N5O3. The van der Waals surface area contributed by atoms with Crippen LogP contribution in [-0.2, 0) is 6.42 Å². The first-order valence-electron chi connectivity index (χ1n) is 8.89. The standard InChI is InChI=1S/C20H17N5O3/c21-18-19-24-13-3-1-2-4-15(13)25(19)10-14(23-18)20(26)22-8-7-12-5-6-16-17(9-12)28-11-27-16/h1-6,9-10H,7-8,11H2,(H2,21,23)(H,22,26). The molecule has 0 radical (unpaired) electrons. The molecule has 8 heteroatoms. The third-order valence-electron chi connectivity index (χ3n) is 4.69. The lowest BCUT2D eigenvalue weighted by atomic mass is 10.1. The van der Waals surface area contributed by atoms with E-state index >= 15 is 0 Å². The summed E-state index contributed by atoms with van der Waals surface area (Å²) in [7, 11) is 0. The molecule has 0 fully saturated rings. The van der Waals surface area contributed by atoms with Crippen LogP contribution in [0.3, 0.4) is 0 Å². The second-order valence-electron chi connectivity index (χ2n) is 6.50. The van der Waals surface area contributed by atoms with Crippen LogP contribution in [0.4, 0.5) is 5.82 Å². The molecule has 0 saturated heterocycles. The third-order valence-corrected chi connectivity index (χ3v) is 4.69. The highest BCUT2D eigenvalue weighted by Gasteiger charge is 2.15. The van der Waals surface area contributed by atoms with Gasteiger partial charge < -0.3 is 20.5 Å². The number of amides is 1. The molecule has 2 aromatic carbocycles. The second-order valence-corrected chi connectivity index (χ2v) is 6.50. The van der Waals surface area contributed by atoms with Gasteiger partial charge in [0.25, 0.3) is 5.91 Å². The van der Waals surface area contributed by atoms with E-state index in [4.69, 9.17) is 15.2 Å². The number of anilines is 1. The number of imidazole rings is 1. The number of nitrogen functional groups attached to an aromatic ring is 1. The minimum absolute atomic E-state index is 0.222. The molecule has 8 nitrogen and oxygen atoms in total. The van der Waals surface area contributed by atoms with E-state index in [9.17, 15) is 4.79 Å². The Bertz CT molecular complexity index is 1220. The number of hydrogen-bond donors (Lipinski definition) is 2. The Morgan fingerprint density at radius 1 is 1.14 bits per heavy atom. The van der Waals surface area contributed by atoms with Crippen molar-refractivity contribution in [3.05, 3.63) is 59.9 Å². The van der Waals surface area contributed by atoms with Crippen molar-refractivity contribution in [2.24, 2.45) is 0 Å². The average Bonchev–Trinajstić information content (AvgIpc) is 3.32. The van der Waals surface area contributed by atoms with Crippen LogP contribution in [0.15, 0.2) is 48.7 Å². The fraction of sp³-hybridized carbons (Fsp3) is 0.150. The molecule has 5 rings (SSSR count). The van der Waals surface area contributed by atoms with Crippen LogP contribution >= 0.6 is 0 Å². The smallest absolute Gasteiger partial charge is 0.271 e. The van der Waals surface area contributed by atoms with Crippen molar-refractivity contribution in [1.82, 2.24) is 19.7 Å². The van der Waals surface area contributed by atoms with E-state index in [-0.39, 0.29) is 24.2 Å². The van der Waals surface area contributed by atoms with E-state index in [0.29, 0.717) is 18.6 Å². The largest absolute Gasteiger partial charge is 0.454 e. The zero-order valence-corrected chi connectivity index (χ0v) is 14.9. The maximum absolute atomic E-state index is 12.6. The topological polar surface area (TPSA) is 104 Å². The highest BCUT2D eigenvalue weighted by molar-refractivity contribution is 5.94. The number of benzene rings is 2. The normalized spacial score (nSPS) is 12.6. The molecule has 1 amide bonds. The molecular weight excluding hydrogens is 358 g/mol. The Balaban J connectivity index is 1.33. The van der Waals surface area contributed by atoms with E-state index in [2.05, 4.69) is 15.3 Å². The van der Waals surface area contributed by atoms with Gasteiger partial charge in [-0.3, -0.25) is 9.20 Å². The van der Waals surface area contributed by atoms with Crippen LogP contribution in [0.5, 0.6) is 11.5 Å². The van der Waals surface area contributed by atoms with E-state index in [0.717, 1.165) is 28.1 Å². The van der Waals surface area contributed by atoms with Gasteiger partial charge in [0.2, 0.25) is 6.79 Å². The van der Waals surface area contributed by atoms with Crippen molar-refractivity contribution in [2.75, 3.05) is 19.1 Å². The summed E-state index contributed by atoms with van der Waals surface area (Å²) < 4.78 is 12.5. The number of hydrogen-bond acceptors (Lipinski definition) is 6. The Morgan fingerprint density at radius 2 is 2.00 bits per heavy atom. The highest BCUT2D eigenvalue weighted by Crippen LogP contribution is 2.32. The maximum atomic E-state index is 12.6. The van der Waals surface area contributed by atoms with Gasteiger partial charge >= 0.3 is 0 Å². The van der Waals surface area contributed by atoms with Gasteiger partial charge in [0.15, 0.2) is 23.0 Å². The number of ether oxygens (including phenoxy) is 2. The summed E-state index contributed by atoms with van der Waals surface area (Å²) in [5.41, 5.74) is 9.55. The SMILES string of the molecule is Nc1nc(C(=O)NCCc2ccc3c(c2)OCO3)cn2c1nc1ccccc12. The molecule has 4 aromatic rings. The Morgan fingerprint density at radius 3 is 2.93 bits per heavy atom. The number of aromatic nitrogens is 3. The second kappa shape index (κ2) is 6.41. The lowest BCUT2D eigenvalue weighted by Crippen LogP contribution is -2.27. The Kier molecular flexibility index (Phi) is 3.75. The Labute approximate surface area is 159 Å². The van der Waals surface area contributed by atoms with Crippen molar-refractivity contribution in [2.45, 2.75) is 6.42 Å². The molecule has 140 valence electrons.